The van der Waals surface area contributed by atoms with Gasteiger partial charge in [0.2, 0.25) is 0 Å². The van der Waals surface area contributed by atoms with E-state index in [0.29, 0.717) is 18.9 Å². The maximum absolute atomic E-state index is 12.9. The zero-order valence-electron chi connectivity index (χ0n) is 9.04. The lowest BCUT2D eigenvalue weighted by Crippen LogP contribution is -2.26. The van der Waals surface area contributed by atoms with Crippen molar-refractivity contribution >= 4 is 0 Å². The molecule has 0 aliphatic heterocycles. The third-order valence-corrected chi connectivity index (χ3v) is 3.07. The highest BCUT2D eigenvalue weighted by atomic mass is 19.1. The summed E-state index contributed by atoms with van der Waals surface area (Å²) in [5, 5.41) is 3.39. The first kappa shape index (κ1) is 10.6. The minimum atomic E-state index is -0.600. The Morgan fingerprint density at radius 2 is 2.40 bits per heavy atom. The number of aryl methyl sites for hydroxylation is 1. The van der Waals surface area contributed by atoms with E-state index in [4.69, 9.17) is 0 Å². The molecule has 0 radical (unpaired) electrons. The van der Waals surface area contributed by atoms with Crippen LogP contribution >= 0.6 is 0 Å². The van der Waals surface area contributed by atoms with Gasteiger partial charge in [0.05, 0.1) is 0 Å². The SMILES string of the molecule is Cc1ncccc1CN[C@H]1CC[C@@H](F)C1. The van der Waals surface area contributed by atoms with Gasteiger partial charge < -0.3 is 5.32 Å². The van der Waals surface area contributed by atoms with Gasteiger partial charge in [-0.25, -0.2) is 4.39 Å². The fraction of sp³-hybridized carbons (Fsp3) is 0.583. The van der Waals surface area contributed by atoms with E-state index < -0.39 is 6.17 Å². The highest BCUT2D eigenvalue weighted by Crippen LogP contribution is 2.22. The normalized spacial score (nSPS) is 25.7. The highest BCUT2D eigenvalue weighted by Gasteiger charge is 2.23. The summed E-state index contributed by atoms with van der Waals surface area (Å²) in [6, 6.07) is 4.35. The van der Waals surface area contributed by atoms with Crippen LogP contribution in [-0.4, -0.2) is 17.2 Å². The molecule has 0 saturated heterocycles. The van der Waals surface area contributed by atoms with Gasteiger partial charge in [0.15, 0.2) is 0 Å². The standard InChI is InChI=1S/C12H17FN2/c1-9-10(3-2-6-14-9)8-15-12-5-4-11(13)7-12/h2-3,6,11-12,15H,4-5,7-8H2,1H3/t11-,12+/m1/s1. The van der Waals surface area contributed by atoms with Crippen molar-refractivity contribution in [1.29, 1.82) is 0 Å². The van der Waals surface area contributed by atoms with Crippen molar-refractivity contribution in [3.63, 3.8) is 0 Å². The average Bonchev–Trinajstić information content (AvgIpc) is 2.63. The molecule has 3 heteroatoms. The van der Waals surface area contributed by atoms with Crippen molar-refractivity contribution in [2.75, 3.05) is 0 Å². The molecule has 2 rings (SSSR count). The Labute approximate surface area is 89.9 Å². The molecule has 1 aliphatic rings. The monoisotopic (exact) mass is 208 g/mol. The molecule has 0 bridgehead atoms. The number of halogens is 1. The predicted molar refractivity (Wildman–Crippen MR) is 58.3 cm³/mol. The fourth-order valence-electron chi connectivity index (χ4n) is 2.07. The minimum absolute atomic E-state index is 0.347. The second-order valence-electron chi connectivity index (χ2n) is 4.24. The molecule has 1 fully saturated rings. The van der Waals surface area contributed by atoms with E-state index in [2.05, 4.69) is 16.4 Å². The average molecular weight is 208 g/mol. The third-order valence-electron chi connectivity index (χ3n) is 3.07. The molecule has 0 amide bonds. The molecule has 1 aliphatic carbocycles. The lowest BCUT2D eigenvalue weighted by atomic mass is 10.2. The van der Waals surface area contributed by atoms with Crippen molar-refractivity contribution in [2.24, 2.45) is 0 Å². The van der Waals surface area contributed by atoms with Crippen LogP contribution in [0.15, 0.2) is 18.3 Å². The minimum Gasteiger partial charge on any atom is -0.310 e. The van der Waals surface area contributed by atoms with Gasteiger partial charge in [-0.05, 0) is 37.8 Å². The Bertz CT molecular complexity index is 327. The fourth-order valence-corrected chi connectivity index (χ4v) is 2.07. The summed E-state index contributed by atoms with van der Waals surface area (Å²) in [6.45, 7) is 2.81. The first-order valence-corrected chi connectivity index (χ1v) is 5.53. The summed E-state index contributed by atoms with van der Waals surface area (Å²) in [4.78, 5) is 4.23. The van der Waals surface area contributed by atoms with Crippen LogP contribution in [0.1, 0.15) is 30.5 Å². The summed E-state index contributed by atoms with van der Waals surface area (Å²) in [5.41, 5.74) is 2.26. The van der Waals surface area contributed by atoms with Crippen molar-refractivity contribution in [2.45, 2.75) is 44.9 Å². The van der Waals surface area contributed by atoms with Gasteiger partial charge in [0, 0.05) is 24.5 Å². The number of aromatic nitrogens is 1. The molecular weight excluding hydrogens is 191 g/mol. The summed E-state index contributed by atoms with van der Waals surface area (Å²) in [6.07, 6.45) is 3.53. The summed E-state index contributed by atoms with van der Waals surface area (Å²) >= 11 is 0. The quantitative estimate of drug-likeness (QED) is 0.825. The van der Waals surface area contributed by atoms with E-state index in [1.807, 2.05) is 13.0 Å². The van der Waals surface area contributed by atoms with E-state index in [1.165, 1.54) is 5.56 Å². The summed E-state index contributed by atoms with van der Waals surface area (Å²) < 4.78 is 12.9. The van der Waals surface area contributed by atoms with Gasteiger partial charge in [0.1, 0.15) is 6.17 Å². The number of pyridine rings is 1. The number of hydrogen-bond acceptors (Lipinski definition) is 2. The van der Waals surface area contributed by atoms with Crippen LogP contribution in [0.3, 0.4) is 0 Å². The number of hydrogen-bond donors (Lipinski definition) is 1. The largest absolute Gasteiger partial charge is 0.310 e. The predicted octanol–water partition coefficient (Wildman–Crippen LogP) is 2.37. The van der Waals surface area contributed by atoms with Crippen LogP contribution in [0.25, 0.3) is 0 Å². The Kier molecular flexibility index (Phi) is 3.31. The molecule has 2 nitrogen and oxygen atoms in total. The second kappa shape index (κ2) is 4.71. The smallest absolute Gasteiger partial charge is 0.102 e. The Morgan fingerprint density at radius 1 is 1.53 bits per heavy atom. The summed E-state index contributed by atoms with van der Waals surface area (Å²) in [7, 11) is 0. The topological polar surface area (TPSA) is 24.9 Å². The van der Waals surface area contributed by atoms with Crippen molar-refractivity contribution in [3.8, 4) is 0 Å². The lowest BCUT2D eigenvalue weighted by molar-refractivity contribution is 0.333. The molecular formula is C12H17FN2. The zero-order valence-corrected chi connectivity index (χ0v) is 9.04. The highest BCUT2D eigenvalue weighted by molar-refractivity contribution is 5.17. The Hall–Kier alpha value is -0.960. The van der Waals surface area contributed by atoms with Gasteiger partial charge >= 0.3 is 0 Å². The van der Waals surface area contributed by atoms with Crippen LogP contribution in [0.4, 0.5) is 4.39 Å². The van der Waals surface area contributed by atoms with Gasteiger partial charge in [-0.3, -0.25) is 4.98 Å². The van der Waals surface area contributed by atoms with Gasteiger partial charge in [-0.15, -0.1) is 0 Å². The molecule has 1 N–H and O–H groups in total. The molecule has 0 aromatic carbocycles. The number of alkyl halides is 1. The molecule has 1 saturated carbocycles. The van der Waals surface area contributed by atoms with E-state index >= 15 is 0 Å². The van der Waals surface area contributed by atoms with Crippen LogP contribution in [0.2, 0.25) is 0 Å². The first-order valence-electron chi connectivity index (χ1n) is 5.53. The molecule has 1 heterocycles. The van der Waals surface area contributed by atoms with Crippen molar-refractivity contribution < 1.29 is 4.39 Å². The van der Waals surface area contributed by atoms with Crippen LogP contribution < -0.4 is 5.32 Å². The first-order chi connectivity index (χ1) is 7.25. The molecule has 82 valence electrons. The van der Waals surface area contributed by atoms with Gasteiger partial charge in [0.25, 0.3) is 0 Å². The van der Waals surface area contributed by atoms with Crippen LogP contribution in [0.5, 0.6) is 0 Å². The molecule has 1 aromatic heterocycles. The van der Waals surface area contributed by atoms with Crippen molar-refractivity contribution in [3.05, 3.63) is 29.6 Å². The number of rotatable bonds is 3. The molecule has 2 atom stereocenters. The maximum atomic E-state index is 12.9. The van der Waals surface area contributed by atoms with E-state index in [0.717, 1.165) is 18.7 Å². The van der Waals surface area contributed by atoms with E-state index in [1.54, 1.807) is 6.20 Å². The second-order valence-corrected chi connectivity index (χ2v) is 4.24. The van der Waals surface area contributed by atoms with E-state index in [9.17, 15) is 4.39 Å². The maximum Gasteiger partial charge on any atom is 0.102 e. The molecule has 1 aromatic rings. The van der Waals surface area contributed by atoms with Gasteiger partial charge in [-0.1, -0.05) is 6.07 Å². The lowest BCUT2D eigenvalue weighted by Gasteiger charge is -2.12. The Morgan fingerprint density at radius 3 is 3.07 bits per heavy atom. The molecule has 0 spiro atoms. The van der Waals surface area contributed by atoms with Crippen LogP contribution in [0, 0.1) is 6.92 Å². The van der Waals surface area contributed by atoms with Gasteiger partial charge in [-0.2, -0.15) is 0 Å². The number of nitrogens with one attached hydrogen (secondary N) is 1. The van der Waals surface area contributed by atoms with Crippen LogP contribution in [-0.2, 0) is 6.54 Å². The third kappa shape index (κ3) is 2.75. The summed E-state index contributed by atoms with van der Waals surface area (Å²) in [5.74, 6) is 0. The Balaban J connectivity index is 1.86. The zero-order chi connectivity index (χ0) is 10.7. The van der Waals surface area contributed by atoms with Crippen molar-refractivity contribution in [1.82, 2.24) is 10.3 Å². The molecule has 0 unspecified atom stereocenters. The van der Waals surface area contributed by atoms with E-state index in [-0.39, 0.29) is 0 Å². The number of nitrogens with zero attached hydrogens (tertiary/aromatic N) is 1. The molecule has 15 heavy (non-hydrogen) atoms.